The van der Waals surface area contributed by atoms with Crippen LogP contribution in [-0.4, -0.2) is 4.57 Å². The van der Waals surface area contributed by atoms with Crippen LogP contribution >= 0.6 is 0 Å². The highest BCUT2D eigenvalue weighted by Crippen LogP contribution is 2.15. The molecule has 0 aliphatic rings. The molecule has 11 heavy (non-hydrogen) atoms. The Balaban J connectivity index is 2.67. The van der Waals surface area contributed by atoms with Gasteiger partial charge in [0.05, 0.1) is 0 Å². The summed E-state index contributed by atoms with van der Waals surface area (Å²) in [5.74, 6) is 0. The first kappa shape index (κ1) is 8.38. The van der Waals surface area contributed by atoms with Gasteiger partial charge in [-0.3, -0.25) is 0 Å². The average Bonchev–Trinajstić information content (AvgIpc) is 2.36. The third kappa shape index (κ3) is 1.86. The first-order valence-corrected chi connectivity index (χ1v) is 4.39. The Hall–Kier alpha value is -0.720. The molecule has 0 aliphatic carbocycles. The third-order valence-electron chi connectivity index (χ3n) is 2.17. The molecule has 0 saturated heterocycles. The van der Waals surface area contributed by atoms with E-state index < -0.39 is 0 Å². The topological polar surface area (TPSA) is 4.93 Å². The van der Waals surface area contributed by atoms with Gasteiger partial charge in [0.2, 0.25) is 0 Å². The largest absolute Gasteiger partial charge is 0.349 e. The van der Waals surface area contributed by atoms with E-state index in [9.17, 15) is 0 Å². The van der Waals surface area contributed by atoms with E-state index in [1.807, 2.05) is 0 Å². The van der Waals surface area contributed by atoms with Crippen LogP contribution in [0.1, 0.15) is 38.4 Å². The normalized spacial score (nSPS) is 13.4. The first-order chi connectivity index (χ1) is 5.25. The minimum absolute atomic E-state index is 0.662. The summed E-state index contributed by atoms with van der Waals surface area (Å²) in [6, 6.07) is 4.93. The zero-order chi connectivity index (χ0) is 8.27. The van der Waals surface area contributed by atoms with Crippen molar-refractivity contribution >= 4 is 0 Å². The Kier molecular flexibility index (Phi) is 2.75. The molecule has 1 unspecified atom stereocenters. The summed E-state index contributed by atoms with van der Waals surface area (Å²) in [4.78, 5) is 0. The van der Waals surface area contributed by atoms with E-state index in [-0.39, 0.29) is 0 Å². The van der Waals surface area contributed by atoms with Gasteiger partial charge in [0.15, 0.2) is 0 Å². The monoisotopic (exact) mass is 151 g/mol. The second-order valence-corrected chi connectivity index (χ2v) is 3.19. The molecule has 0 saturated carbocycles. The van der Waals surface area contributed by atoms with Crippen molar-refractivity contribution < 1.29 is 0 Å². The van der Waals surface area contributed by atoms with Crippen LogP contribution in [0.25, 0.3) is 0 Å². The molecule has 0 radical (unpaired) electrons. The second kappa shape index (κ2) is 3.61. The molecule has 1 heteroatoms. The highest BCUT2D eigenvalue weighted by atomic mass is 15.0. The van der Waals surface area contributed by atoms with Gasteiger partial charge in [0.25, 0.3) is 0 Å². The van der Waals surface area contributed by atoms with Gasteiger partial charge in [-0.25, -0.2) is 0 Å². The molecule has 1 aromatic rings. The van der Waals surface area contributed by atoms with Gasteiger partial charge in [-0.1, -0.05) is 13.3 Å². The van der Waals surface area contributed by atoms with Gasteiger partial charge in [0.1, 0.15) is 0 Å². The van der Waals surface area contributed by atoms with E-state index in [4.69, 9.17) is 0 Å². The van der Waals surface area contributed by atoms with Crippen molar-refractivity contribution in [2.24, 2.45) is 0 Å². The summed E-state index contributed by atoms with van der Waals surface area (Å²) < 4.78 is 2.34. The summed E-state index contributed by atoms with van der Waals surface area (Å²) >= 11 is 0. The maximum atomic E-state index is 2.34. The van der Waals surface area contributed by atoms with Gasteiger partial charge < -0.3 is 4.57 Å². The predicted octanol–water partition coefficient (Wildman–Crippen LogP) is 3.16. The number of rotatable bonds is 3. The minimum Gasteiger partial charge on any atom is -0.349 e. The Morgan fingerprint density at radius 1 is 1.55 bits per heavy atom. The molecule has 0 amide bonds. The molecule has 0 bridgehead atoms. The van der Waals surface area contributed by atoms with Gasteiger partial charge in [-0.2, -0.15) is 0 Å². The maximum Gasteiger partial charge on any atom is 0.0304 e. The smallest absolute Gasteiger partial charge is 0.0304 e. The van der Waals surface area contributed by atoms with Gasteiger partial charge in [0, 0.05) is 17.9 Å². The fraction of sp³-hybridized carbons (Fsp3) is 0.600. The third-order valence-corrected chi connectivity index (χ3v) is 2.17. The van der Waals surface area contributed by atoms with E-state index in [0.29, 0.717) is 6.04 Å². The first-order valence-electron chi connectivity index (χ1n) is 4.39. The molecule has 1 nitrogen and oxygen atoms in total. The van der Waals surface area contributed by atoms with Crippen LogP contribution in [0.4, 0.5) is 0 Å². The molecule has 0 aromatic carbocycles. The van der Waals surface area contributed by atoms with E-state index in [2.05, 4.69) is 43.7 Å². The fourth-order valence-electron chi connectivity index (χ4n) is 1.53. The molecular weight excluding hydrogens is 134 g/mol. The Morgan fingerprint density at radius 3 is 2.73 bits per heavy atom. The molecule has 0 aliphatic heterocycles. The summed E-state index contributed by atoms with van der Waals surface area (Å²) in [7, 11) is 0. The van der Waals surface area contributed by atoms with Crippen molar-refractivity contribution in [1.29, 1.82) is 0 Å². The quantitative estimate of drug-likeness (QED) is 0.625. The van der Waals surface area contributed by atoms with Crippen LogP contribution in [0.15, 0.2) is 18.3 Å². The van der Waals surface area contributed by atoms with Gasteiger partial charge >= 0.3 is 0 Å². The maximum absolute atomic E-state index is 2.34. The van der Waals surface area contributed by atoms with E-state index in [0.717, 1.165) is 0 Å². The number of hydrogen-bond acceptors (Lipinski definition) is 0. The summed E-state index contributed by atoms with van der Waals surface area (Å²) in [5.41, 5.74) is 1.37. The predicted molar refractivity (Wildman–Crippen MR) is 48.8 cm³/mol. The number of hydrogen-bond donors (Lipinski definition) is 0. The Labute approximate surface area is 69.0 Å². The highest BCUT2D eigenvalue weighted by Gasteiger charge is 2.03. The lowest BCUT2D eigenvalue weighted by atomic mass is 10.2. The standard InChI is InChI=1S/C10H17N/c1-4-6-9(2)11-8-5-7-10(11)3/h5,7-9H,4,6H2,1-3H3. The number of nitrogens with zero attached hydrogens (tertiary/aromatic N) is 1. The van der Waals surface area contributed by atoms with Crippen molar-refractivity contribution in [2.75, 3.05) is 0 Å². The lowest BCUT2D eigenvalue weighted by Crippen LogP contribution is -2.04. The molecule has 1 atom stereocenters. The molecule has 0 N–H and O–H groups in total. The molecule has 1 rings (SSSR count). The van der Waals surface area contributed by atoms with Crippen molar-refractivity contribution in [1.82, 2.24) is 4.57 Å². The van der Waals surface area contributed by atoms with Crippen LogP contribution in [-0.2, 0) is 0 Å². The number of aromatic nitrogens is 1. The molecular formula is C10H17N. The van der Waals surface area contributed by atoms with Crippen LogP contribution in [0.3, 0.4) is 0 Å². The minimum atomic E-state index is 0.662. The van der Waals surface area contributed by atoms with Crippen LogP contribution in [0, 0.1) is 6.92 Å². The van der Waals surface area contributed by atoms with Crippen molar-refractivity contribution in [2.45, 2.75) is 39.7 Å². The van der Waals surface area contributed by atoms with Crippen molar-refractivity contribution in [3.8, 4) is 0 Å². The number of aryl methyl sites for hydroxylation is 1. The Morgan fingerprint density at radius 2 is 2.27 bits per heavy atom. The Bertz CT molecular complexity index is 212. The second-order valence-electron chi connectivity index (χ2n) is 3.19. The SMILES string of the molecule is CCCC(C)n1cccc1C. The van der Waals surface area contributed by atoms with Crippen molar-refractivity contribution in [3.05, 3.63) is 24.0 Å². The molecule has 1 heterocycles. The molecule has 0 spiro atoms. The van der Waals surface area contributed by atoms with Crippen LogP contribution in [0.5, 0.6) is 0 Å². The summed E-state index contributed by atoms with van der Waals surface area (Å²) in [5, 5.41) is 0. The summed E-state index contributed by atoms with van der Waals surface area (Å²) in [6.07, 6.45) is 4.70. The van der Waals surface area contributed by atoms with Crippen LogP contribution in [0.2, 0.25) is 0 Å². The lowest BCUT2D eigenvalue weighted by Gasteiger charge is -2.14. The lowest BCUT2D eigenvalue weighted by molar-refractivity contribution is 0.493. The zero-order valence-corrected chi connectivity index (χ0v) is 7.67. The highest BCUT2D eigenvalue weighted by molar-refractivity contribution is 5.05. The molecule has 62 valence electrons. The van der Waals surface area contributed by atoms with Gasteiger partial charge in [-0.15, -0.1) is 0 Å². The average molecular weight is 151 g/mol. The van der Waals surface area contributed by atoms with Crippen LogP contribution < -0.4 is 0 Å². The molecule has 1 aromatic heterocycles. The van der Waals surface area contributed by atoms with Crippen molar-refractivity contribution in [3.63, 3.8) is 0 Å². The van der Waals surface area contributed by atoms with E-state index in [1.54, 1.807) is 0 Å². The molecule has 0 fully saturated rings. The summed E-state index contributed by atoms with van der Waals surface area (Å²) in [6.45, 7) is 6.66. The zero-order valence-electron chi connectivity index (χ0n) is 7.67. The fourth-order valence-corrected chi connectivity index (χ4v) is 1.53. The van der Waals surface area contributed by atoms with Gasteiger partial charge in [-0.05, 0) is 32.4 Å². The van der Waals surface area contributed by atoms with E-state index >= 15 is 0 Å². The van der Waals surface area contributed by atoms with E-state index in [1.165, 1.54) is 18.5 Å².